The van der Waals surface area contributed by atoms with Crippen molar-refractivity contribution in [1.29, 1.82) is 0 Å². The zero-order valence-electron chi connectivity index (χ0n) is 9.90. The molecule has 0 aromatic carbocycles. The molecule has 0 aliphatic rings. The van der Waals surface area contributed by atoms with Crippen molar-refractivity contribution in [2.75, 3.05) is 13.1 Å². The van der Waals surface area contributed by atoms with Crippen LogP contribution < -0.4 is 0 Å². The second-order valence-electron chi connectivity index (χ2n) is 4.03. The van der Waals surface area contributed by atoms with Gasteiger partial charge in [-0.15, -0.1) is 9.60 Å². The van der Waals surface area contributed by atoms with Crippen LogP contribution in [0.3, 0.4) is 0 Å². The van der Waals surface area contributed by atoms with Gasteiger partial charge < -0.3 is 0 Å². The van der Waals surface area contributed by atoms with Gasteiger partial charge in [0.2, 0.25) is 0 Å². The summed E-state index contributed by atoms with van der Waals surface area (Å²) in [5, 5.41) is 0.991. The van der Waals surface area contributed by atoms with E-state index in [2.05, 4.69) is 13.8 Å². The third kappa shape index (κ3) is 9.97. The highest BCUT2D eigenvalue weighted by Gasteiger charge is 2.01. The van der Waals surface area contributed by atoms with Gasteiger partial charge in [-0.1, -0.05) is 52.4 Å². The van der Waals surface area contributed by atoms with E-state index in [4.69, 9.17) is 0 Å². The topological polar surface area (TPSA) is 3.24 Å². The van der Waals surface area contributed by atoms with Crippen molar-refractivity contribution in [3.8, 4) is 0 Å². The Hall–Kier alpha value is -0.110. The Morgan fingerprint density at radius 3 is 1.50 bits per heavy atom. The molecule has 0 unspecified atom stereocenters. The van der Waals surface area contributed by atoms with Gasteiger partial charge in [0.1, 0.15) is 0 Å². The van der Waals surface area contributed by atoms with Gasteiger partial charge in [0.25, 0.3) is 0 Å². The van der Waals surface area contributed by atoms with E-state index in [-0.39, 0.29) is 0 Å². The van der Waals surface area contributed by atoms with Gasteiger partial charge in [-0.2, -0.15) is 0 Å². The van der Waals surface area contributed by atoms with Gasteiger partial charge in [-0.05, 0) is 12.8 Å². The summed E-state index contributed by atoms with van der Waals surface area (Å²) in [4.78, 5) is 0. The number of rotatable bonds is 10. The third-order valence-corrected chi connectivity index (χ3v) is 2.51. The minimum absolute atomic E-state index is 0.631. The summed E-state index contributed by atoms with van der Waals surface area (Å²) in [5.41, 5.74) is 0. The van der Waals surface area contributed by atoms with Crippen LogP contribution in [0.4, 0.5) is 4.48 Å². The minimum Gasteiger partial charge on any atom is -0.146 e. The van der Waals surface area contributed by atoms with Crippen molar-refractivity contribution >= 4 is 0 Å². The summed E-state index contributed by atoms with van der Waals surface area (Å²) in [7, 11) is 0. The Morgan fingerprint density at radius 1 is 0.714 bits per heavy atom. The maximum Gasteiger partial charge on any atom is 0.0290 e. The van der Waals surface area contributed by atoms with Crippen molar-refractivity contribution in [3.63, 3.8) is 0 Å². The van der Waals surface area contributed by atoms with Crippen molar-refractivity contribution < 1.29 is 4.48 Å². The Morgan fingerprint density at radius 2 is 1.14 bits per heavy atom. The average Bonchev–Trinajstić information content (AvgIpc) is 2.19. The van der Waals surface area contributed by atoms with E-state index in [1.54, 1.807) is 0 Å². The predicted molar refractivity (Wildman–Crippen MR) is 61.0 cm³/mol. The minimum atomic E-state index is 0.631. The van der Waals surface area contributed by atoms with E-state index in [9.17, 15) is 4.48 Å². The Labute approximate surface area is 88.6 Å². The molecule has 0 aromatic rings. The zero-order chi connectivity index (χ0) is 10.6. The standard InChI is InChI=1S/C12H26FN/c1-3-5-7-9-11-14(13)12-10-8-6-4-2/h3-12H2,1-2H3. The van der Waals surface area contributed by atoms with Crippen molar-refractivity contribution in [1.82, 2.24) is 5.12 Å². The molecular formula is C12H26FN. The van der Waals surface area contributed by atoms with Crippen LogP contribution in [0.1, 0.15) is 65.2 Å². The first-order valence-electron chi connectivity index (χ1n) is 6.22. The van der Waals surface area contributed by atoms with Gasteiger partial charge in [-0.3, -0.25) is 0 Å². The molecule has 0 amide bonds. The Bertz CT molecular complexity index is 94.5. The molecule has 0 aliphatic heterocycles. The number of halogens is 1. The predicted octanol–water partition coefficient (Wildman–Crippen LogP) is 4.33. The summed E-state index contributed by atoms with van der Waals surface area (Å²) >= 11 is 0. The molecule has 0 rings (SSSR count). The van der Waals surface area contributed by atoms with E-state index in [0.29, 0.717) is 13.1 Å². The van der Waals surface area contributed by atoms with Gasteiger partial charge in [-0.25, -0.2) is 0 Å². The number of hydrogen-bond donors (Lipinski definition) is 0. The number of hydrogen-bond acceptors (Lipinski definition) is 1. The monoisotopic (exact) mass is 203 g/mol. The molecule has 1 nitrogen and oxygen atoms in total. The molecule has 0 bridgehead atoms. The number of nitrogens with zero attached hydrogens (tertiary/aromatic N) is 1. The smallest absolute Gasteiger partial charge is 0.0290 e. The quantitative estimate of drug-likeness (QED) is 0.377. The molecule has 0 aromatic heterocycles. The lowest BCUT2D eigenvalue weighted by atomic mass is 10.2. The zero-order valence-corrected chi connectivity index (χ0v) is 9.90. The largest absolute Gasteiger partial charge is 0.146 e. The summed E-state index contributed by atoms with van der Waals surface area (Å²) in [6, 6.07) is 0. The van der Waals surface area contributed by atoms with E-state index < -0.39 is 0 Å². The molecule has 0 atom stereocenters. The van der Waals surface area contributed by atoms with Crippen LogP contribution >= 0.6 is 0 Å². The molecule has 0 spiro atoms. The lowest BCUT2D eigenvalue weighted by Crippen LogP contribution is -2.16. The van der Waals surface area contributed by atoms with E-state index in [1.807, 2.05) is 0 Å². The van der Waals surface area contributed by atoms with Crippen LogP contribution in [0, 0.1) is 0 Å². The first kappa shape index (κ1) is 13.9. The second-order valence-corrected chi connectivity index (χ2v) is 4.03. The van der Waals surface area contributed by atoms with Crippen LogP contribution in [0.15, 0.2) is 0 Å². The molecule has 0 saturated heterocycles. The average molecular weight is 203 g/mol. The first-order valence-corrected chi connectivity index (χ1v) is 6.22. The molecule has 0 radical (unpaired) electrons. The molecule has 0 aliphatic carbocycles. The van der Waals surface area contributed by atoms with Crippen LogP contribution in [0.2, 0.25) is 0 Å². The van der Waals surface area contributed by atoms with Crippen LogP contribution in [-0.2, 0) is 0 Å². The van der Waals surface area contributed by atoms with Gasteiger partial charge in [0, 0.05) is 13.1 Å². The summed E-state index contributed by atoms with van der Waals surface area (Å²) in [5.74, 6) is 0. The van der Waals surface area contributed by atoms with E-state index in [1.165, 1.54) is 38.5 Å². The third-order valence-electron chi connectivity index (χ3n) is 2.51. The van der Waals surface area contributed by atoms with Gasteiger partial charge in [0.05, 0.1) is 0 Å². The lowest BCUT2D eigenvalue weighted by molar-refractivity contribution is 0.0217. The maximum atomic E-state index is 13.1. The second kappa shape index (κ2) is 11.0. The summed E-state index contributed by atoms with van der Waals surface area (Å²) in [6.07, 6.45) is 9.30. The Kier molecular flexibility index (Phi) is 10.9. The molecular weight excluding hydrogens is 177 g/mol. The fourth-order valence-corrected chi connectivity index (χ4v) is 1.53. The Balaban J connectivity index is 3.07. The highest BCUT2D eigenvalue weighted by atomic mass is 19.2. The van der Waals surface area contributed by atoms with Crippen LogP contribution in [0.25, 0.3) is 0 Å². The van der Waals surface area contributed by atoms with Crippen molar-refractivity contribution in [2.45, 2.75) is 65.2 Å². The molecule has 14 heavy (non-hydrogen) atoms. The number of unbranched alkanes of at least 4 members (excludes halogenated alkanes) is 6. The highest BCUT2D eigenvalue weighted by molar-refractivity contribution is 4.49. The molecule has 0 heterocycles. The highest BCUT2D eigenvalue weighted by Crippen LogP contribution is 2.05. The fourth-order valence-electron chi connectivity index (χ4n) is 1.53. The fraction of sp³-hybridized carbons (Fsp3) is 1.00. The summed E-state index contributed by atoms with van der Waals surface area (Å²) < 4.78 is 13.1. The SMILES string of the molecule is CCCCCCN(F)CCCCCC. The molecule has 86 valence electrons. The maximum absolute atomic E-state index is 13.1. The molecule has 0 fully saturated rings. The molecule has 0 N–H and O–H groups in total. The van der Waals surface area contributed by atoms with Crippen LogP contribution in [0.5, 0.6) is 0 Å². The van der Waals surface area contributed by atoms with Crippen LogP contribution in [-0.4, -0.2) is 18.2 Å². The lowest BCUT2D eigenvalue weighted by Gasteiger charge is -2.10. The molecule has 0 saturated carbocycles. The van der Waals surface area contributed by atoms with Crippen molar-refractivity contribution in [2.24, 2.45) is 0 Å². The van der Waals surface area contributed by atoms with Gasteiger partial charge >= 0.3 is 0 Å². The summed E-state index contributed by atoms with van der Waals surface area (Å²) in [6.45, 7) is 5.62. The van der Waals surface area contributed by atoms with E-state index in [0.717, 1.165) is 18.0 Å². The van der Waals surface area contributed by atoms with E-state index >= 15 is 0 Å². The van der Waals surface area contributed by atoms with Crippen molar-refractivity contribution in [3.05, 3.63) is 0 Å². The first-order chi connectivity index (χ1) is 6.81. The van der Waals surface area contributed by atoms with Gasteiger partial charge in [0.15, 0.2) is 0 Å². The molecule has 2 heteroatoms. The normalized spacial score (nSPS) is 11.1.